The summed E-state index contributed by atoms with van der Waals surface area (Å²) in [5.74, 6) is 0. The molecule has 1 saturated heterocycles. The van der Waals surface area contributed by atoms with E-state index in [9.17, 15) is 5.11 Å². The van der Waals surface area contributed by atoms with Gasteiger partial charge in [-0.05, 0) is 26.7 Å². The Hall–Kier alpha value is -0.120. The molecule has 14 heavy (non-hydrogen) atoms. The average Bonchev–Trinajstić information content (AvgIpc) is 2.15. The van der Waals surface area contributed by atoms with E-state index >= 15 is 0 Å². The normalized spacial score (nSPS) is 31.7. The van der Waals surface area contributed by atoms with Crippen molar-refractivity contribution in [1.82, 2.24) is 4.90 Å². The quantitative estimate of drug-likeness (QED) is 0.743. The van der Waals surface area contributed by atoms with Crippen molar-refractivity contribution >= 4 is 0 Å². The minimum absolute atomic E-state index is 0.189. The number of ether oxygens (including phenoxy) is 1. The van der Waals surface area contributed by atoms with Crippen molar-refractivity contribution in [3.63, 3.8) is 0 Å². The fraction of sp³-hybridized carbons (Fsp3) is 1.00. The molecule has 3 atom stereocenters. The van der Waals surface area contributed by atoms with Crippen LogP contribution in [0.4, 0.5) is 0 Å². The van der Waals surface area contributed by atoms with Gasteiger partial charge in [0.1, 0.15) is 0 Å². The van der Waals surface area contributed by atoms with E-state index in [1.807, 2.05) is 6.92 Å². The summed E-state index contributed by atoms with van der Waals surface area (Å²) in [7, 11) is 0. The Morgan fingerprint density at radius 1 is 1.57 bits per heavy atom. The Morgan fingerprint density at radius 3 is 2.86 bits per heavy atom. The predicted molar refractivity (Wildman–Crippen MR) is 57.4 cm³/mol. The van der Waals surface area contributed by atoms with Crippen LogP contribution < -0.4 is 0 Å². The van der Waals surface area contributed by atoms with Crippen LogP contribution in [-0.4, -0.2) is 48.0 Å². The minimum Gasteiger partial charge on any atom is -0.393 e. The third-order valence-corrected chi connectivity index (χ3v) is 2.89. The molecular weight excluding hydrogens is 178 g/mol. The molecule has 3 nitrogen and oxygen atoms in total. The van der Waals surface area contributed by atoms with Crippen LogP contribution in [0.3, 0.4) is 0 Å². The molecule has 1 N–H and O–H groups in total. The van der Waals surface area contributed by atoms with Crippen LogP contribution in [0.1, 0.15) is 33.6 Å². The second-order valence-electron chi connectivity index (χ2n) is 4.34. The van der Waals surface area contributed by atoms with Crippen LogP contribution in [0.15, 0.2) is 0 Å². The van der Waals surface area contributed by atoms with Gasteiger partial charge >= 0.3 is 0 Å². The van der Waals surface area contributed by atoms with Crippen molar-refractivity contribution in [1.29, 1.82) is 0 Å². The second kappa shape index (κ2) is 5.69. The average molecular weight is 201 g/mol. The largest absolute Gasteiger partial charge is 0.393 e. The van der Waals surface area contributed by atoms with E-state index in [-0.39, 0.29) is 6.10 Å². The first-order valence-corrected chi connectivity index (χ1v) is 5.67. The first-order valence-electron chi connectivity index (χ1n) is 5.67. The van der Waals surface area contributed by atoms with Gasteiger partial charge in [0, 0.05) is 19.1 Å². The number of nitrogens with zero attached hydrogens (tertiary/aromatic N) is 1. The van der Waals surface area contributed by atoms with Crippen LogP contribution in [-0.2, 0) is 4.74 Å². The topological polar surface area (TPSA) is 32.7 Å². The van der Waals surface area contributed by atoms with Crippen molar-refractivity contribution < 1.29 is 9.84 Å². The highest BCUT2D eigenvalue weighted by atomic mass is 16.5. The Morgan fingerprint density at radius 2 is 2.29 bits per heavy atom. The molecular formula is C11H23NO2. The van der Waals surface area contributed by atoms with Gasteiger partial charge in [-0.1, -0.05) is 6.92 Å². The van der Waals surface area contributed by atoms with Crippen molar-refractivity contribution in [2.45, 2.75) is 51.9 Å². The summed E-state index contributed by atoms with van der Waals surface area (Å²) >= 11 is 0. The number of aliphatic hydroxyl groups excluding tert-OH is 1. The maximum Gasteiger partial charge on any atom is 0.0674 e. The van der Waals surface area contributed by atoms with Gasteiger partial charge in [-0.25, -0.2) is 0 Å². The molecule has 1 aliphatic rings. The lowest BCUT2D eigenvalue weighted by Crippen LogP contribution is -2.49. The molecule has 84 valence electrons. The first-order chi connectivity index (χ1) is 6.63. The highest BCUT2D eigenvalue weighted by Gasteiger charge is 2.24. The zero-order valence-corrected chi connectivity index (χ0v) is 9.57. The molecule has 3 unspecified atom stereocenters. The Bertz CT molecular complexity index is 161. The lowest BCUT2D eigenvalue weighted by atomic mass is 10.1. The Kier molecular flexibility index (Phi) is 4.85. The second-order valence-corrected chi connectivity index (χ2v) is 4.34. The van der Waals surface area contributed by atoms with E-state index in [4.69, 9.17) is 4.74 Å². The molecule has 0 saturated carbocycles. The van der Waals surface area contributed by atoms with E-state index in [1.165, 1.54) is 0 Å². The third kappa shape index (κ3) is 3.56. The van der Waals surface area contributed by atoms with Crippen molar-refractivity contribution in [2.75, 3.05) is 19.7 Å². The smallest absolute Gasteiger partial charge is 0.0674 e. The van der Waals surface area contributed by atoms with Crippen LogP contribution >= 0.6 is 0 Å². The number of morpholine rings is 1. The number of rotatable bonds is 4. The summed E-state index contributed by atoms with van der Waals surface area (Å²) in [6, 6.07) is 0.546. The predicted octanol–water partition coefficient (Wildman–Crippen LogP) is 1.26. The summed E-state index contributed by atoms with van der Waals surface area (Å²) < 4.78 is 5.61. The zero-order valence-electron chi connectivity index (χ0n) is 9.57. The van der Waals surface area contributed by atoms with E-state index < -0.39 is 0 Å². The van der Waals surface area contributed by atoms with Gasteiger partial charge in [0.2, 0.25) is 0 Å². The maximum absolute atomic E-state index is 9.25. The molecule has 0 aromatic carbocycles. The fourth-order valence-corrected chi connectivity index (χ4v) is 1.92. The summed E-state index contributed by atoms with van der Waals surface area (Å²) in [5.41, 5.74) is 0. The maximum atomic E-state index is 9.25. The Labute approximate surface area is 87.1 Å². The van der Waals surface area contributed by atoms with Crippen molar-refractivity contribution in [2.24, 2.45) is 0 Å². The van der Waals surface area contributed by atoms with Gasteiger partial charge in [0.05, 0.1) is 18.8 Å². The summed E-state index contributed by atoms with van der Waals surface area (Å²) in [5, 5.41) is 9.25. The highest BCUT2D eigenvalue weighted by Crippen LogP contribution is 2.14. The molecule has 1 rings (SSSR count). The van der Waals surface area contributed by atoms with E-state index in [2.05, 4.69) is 18.7 Å². The van der Waals surface area contributed by atoms with Gasteiger partial charge in [-0.2, -0.15) is 0 Å². The molecule has 1 fully saturated rings. The molecule has 0 radical (unpaired) electrons. The molecule has 0 aromatic heterocycles. The minimum atomic E-state index is -0.189. The molecule has 0 aliphatic carbocycles. The van der Waals surface area contributed by atoms with E-state index in [0.717, 1.165) is 32.5 Å². The van der Waals surface area contributed by atoms with Gasteiger partial charge in [0.15, 0.2) is 0 Å². The lowest BCUT2D eigenvalue weighted by Gasteiger charge is -2.38. The number of aliphatic hydroxyl groups is 1. The zero-order chi connectivity index (χ0) is 10.6. The van der Waals surface area contributed by atoms with Gasteiger partial charge in [-0.15, -0.1) is 0 Å². The molecule has 0 bridgehead atoms. The SMILES string of the molecule is CCC1COC(C)CN1CCC(C)O. The third-order valence-electron chi connectivity index (χ3n) is 2.89. The highest BCUT2D eigenvalue weighted by molar-refractivity contribution is 4.77. The standard InChI is InChI=1S/C11H23NO2/c1-4-11-8-14-10(3)7-12(11)6-5-9(2)13/h9-11,13H,4-8H2,1-3H3. The van der Waals surface area contributed by atoms with Crippen molar-refractivity contribution in [3.8, 4) is 0 Å². The van der Waals surface area contributed by atoms with Crippen LogP contribution in [0.25, 0.3) is 0 Å². The Balaban J connectivity index is 2.36. The van der Waals surface area contributed by atoms with E-state index in [1.54, 1.807) is 0 Å². The lowest BCUT2D eigenvalue weighted by molar-refractivity contribution is -0.0586. The summed E-state index contributed by atoms with van der Waals surface area (Å²) in [6.45, 7) is 9.00. The number of hydrogen-bond donors (Lipinski definition) is 1. The van der Waals surface area contributed by atoms with Crippen LogP contribution in [0.5, 0.6) is 0 Å². The molecule has 1 aliphatic heterocycles. The number of hydrogen-bond acceptors (Lipinski definition) is 3. The van der Waals surface area contributed by atoms with Crippen LogP contribution in [0, 0.1) is 0 Å². The monoisotopic (exact) mass is 201 g/mol. The first kappa shape index (κ1) is 12.0. The van der Waals surface area contributed by atoms with E-state index in [0.29, 0.717) is 12.1 Å². The van der Waals surface area contributed by atoms with Gasteiger partial charge < -0.3 is 9.84 Å². The molecule has 3 heteroatoms. The molecule has 0 amide bonds. The van der Waals surface area contributed by atoms with Gasteiger partial charge in [0.25, 0.3) is 0 Å². The summed E-state index contributed by atoms with van der Waals surface area (Å²) in [6.07, 6.45) is 2.15. The van der Waals surface area contributed by atoms with Crippen LogP contribution in [0.2, 0.25) is 0 Å². The molecule has 0 aromatic rings. The van der Waals surface area contributed by atoms with Crippen molar-refractivity contribution in [3.05, 3.63) is 0 Å². The fourth-order valence-electron chi connectivity index (χ4n) is 1.92. The molecule has 1 heterocycles. The van der Waals surface area contributed by atoms with Gasteiger partial charge in [-0.3, -0.25) is 4.90 Å². The summed E-state index contributed by atoms with van der Waals surface area (Å²) in [4.78, 5) is 2.45. The molecule has 0 spiro atoms.